The number of phenols is 1. The molecule has 2 fully saturated rings. The van der Waals surface area contributed by atoms with Gasteiger partial charge in [-0.15, -0.1) is 0 Å². The molecule has 22 nitrogen and oxygen atoms in total. The summed E-state index contributed by atoms with van der Waals surface area (Å²) in [7, 11) is 0. The summed E-state index contributed by atoms with van der Waals surface area (Å²) in [4.78, 5) is 159. The lowest BCUT2D eigenvalue weighted by Crippen LogP contribution is -2.49. The topological polar surface area (TPSA) is 363 Å². The van der Waals surface area contributed by atoms with Crippen molar-refractivity contribution in [3.05, 3.63) is 29.8 Å². The van der Waals surface area contributed by atoms with E-state index in [1.54, 1.807) is 13.8 Å². The number of carboxylic acids is 2. The number of benzene rings is 1. The first-order chi connectivity index (χ1) is 35.4. The zero-order chi connectivity index (χ0) is 55.9. The van der Waals surface area contributed by atoms with Crippen molar-refractivity contribution in [2.75, 3.05) is 13.1 Å². The van der Waals surface area contributed by atoms with Crippen molar-refractivity contribution in [2.24, 2.45) is 29.4 Å². The molecule has 0 aliphatic carbocycles. The molecule has 0 radical (unpaired) electrons. The molecule has 1 aromatic carbocycles. The molecule has 2 aliphatic heterocycles. The summed E-state index contributed by atoms with van der Waals surface area (Å²) in [6.45, 7) is 7.51. The van der Waals surface area contributed by atoms with E-state index in [2.05, 4.69) is 21.3 Å². The van der Waals surface area contributed by atoms with Gasteiger partial charge in [0.1, 0.15) is 11.5 Å². The second kappa shape index (κ2) is 31.5. The molecule has 0 saturated carbocycles. The van der Waals surface area contributed by atoms with Crippen LogP contribution in [0.15, 0.2) is 24.3 Å². The summed E-state index contributed by atoms with van der Waals surface area (Å²) >= 11 is 0. The van der Waals surface area contributed by atoms with Crippen LogP contribution in [0.3, 0.4) is 0 Å². The van der Waals surface area contributed by atoms with Gasteiger partial charge in [-0.2, -0.15) is 0 Å². The van der Waals surface area contributed by atoms with Crippen LogP contribution in [0.1, 0.15) is 149 Å². The van der Waals surface area contributed by atoms with Gasteiger partial charge >= 0.3 is 11.9 Å². The van der Waals surface area contributed by atoms with Gasteiger partial charge in [-0.25, -0.2) is 0 Å². The third kappa shape index (κ3) is 22.1. The molecule has 2 aliphatic rings. The second-order valence-electron chi connectivity index (χ2n) is 20.5. The predicted octanol–water partition coefficient (Wildman–Crippen LogP) is 2.00. The van der Waals surface area contributed by atoms with Gasteiger partial charge in [0.2, 0.25) is 29.5 Å². The number of nitrogens with two attached hydrogens (primary N) is 1. The maximum absolute atomic E-state index is 14.3. The number of carbonyl (C=O) groups excluding carboxylic acids is 10. The number of β-amino-alcohol motifs (C(OH)–C–C–N with tert-alkyl or cyclic N) is 1. The highest BCUT2D eigenvalue weighted by Crippen LogP contribution is 2.26. The van der Waals surface area contributed by atoms with Crippen LogP contribution >= 0.6 is 0 Å². The summed E-state index contributed by atoms with van der Waals surface area (Å²) in [5.41, 5.74) is 5.77. The number of primary amides is 1. The molecule has 2 heterocycles. The summed E-state index contributed by atoms with van der Waals surface area (Å²) in [6.07, 6.45) is -1.14. The largest absolute Gasteiger partial charge is 0.508 e. The Kier molecular flexibility index (Phi) is 26.4. The first kappa shape index (κ1) is 62.9. The van der Waals surface area contributed by atoms with Gasteiger partial charge in [-0.1, -0.05) is 52.2 Å². The Morgan fingerprint density at radius 3 is 1.97 bits per heavy atom. The predicted molar refractivity (Wildman–Crippen MR) is 270 cm³/mol. The average Bonchev–Trinajstić information content (AvgIpc) is 4.03. The number of unbranched alkanes of at least 4 members (excludes halogenated alkanes) is 2. The molecular weight excluding hydrogens is 977 g/mol. The maximum atomic E-state index is 14.3. The Morgan fingerprint density at radius 1 is 0.720 bits per heavy atom. The summed E-state index contributed by atoms with van der Waals surface area (Å²) < 4.78 is 0. The average molecular weight is 1060 g/mol. The van der Waals surface area contributed by atoms with Gasteiger partial charge in [0, 0.05) is 70.4 Å². The lowest BCUT2D eigenvalue weighted by Gasteiger charge is -2.26. The number of rotatable bonds is 36. The number of ketones is 5. The normalized spacial score (nSPS) is 18.7. The van der Waals surface area contributed by atoms with E-state index in [9.17, 15) is 78.0 Å². The minimum atomic E-state index is -1.62. The van der Waals surface area contributed by atoms with Crippen molar-refractivity contribution < 1.29 is 78.0 Å². The minimum absolute atomic E-state index is 0.0999. The molecule has 1 aromatic rings. The molecule has 416 valence electrons. The molecule has 5 amide bonds. The van der Waals surface area contributed by atoms with Crippen molar-refractivity contribution in [3.8, 4) is 5.75 Å². The van der Waals surface area contributed by atoms with Crippen LogP contribution in [0.2, 0.25) is 0 Å². The number of hydrogen-bond acceptors (Lipinski definition) is 15. The zero-order valence-corrected chi connectivity index (χ0v) is 43.6. The van der Waals surface area contributed by atoms with E-state index in [0.717, 1.165) is 12.8 Å². The van der Waals surface area contributed by atoms with E-state index in [4.69, 9.17) is 5.73 Å². The number of amides is 5. The number of phenolic OH excluding ortho intramolecular Hbond substituents is 1. The number of Topliss-reactive ketones (excluding diaryl/α,β-unsaturated/α-hetero) is 5. The van der Waals surface area contributed by atoms with E-state index in [-0.39, 0.29) is 101 Å². The summed E-state index contributed by atoms with van der Waals surface area (Å²) in [5, 5.41) is 49.7. The van der Waals surface area contributed by atoms with Crippen LogP contribution in [-0.4, -0.2) is 145 Å². The summed E-state index contributed by atoms with van der Waals surface area (Å²) in [6, 6.07) is 0.241. The highest BCUT2D eigenvalue weighted by molar-refractivity contribution is 5.98. The lowest BCUT2D eigenvalue weighted by molar-refractivity contribution is -0.145. The quantitative estimate of drug-likeness (QED) is 0.0434. The molecule has 0 unspecified atom stereocenters. The Hall–Kier alpha value is -6.42. The molecule has 22 heteroatoms. The fourth-order valence-corrected chi connectivity index (χ4v) is 9.47. The Bertz CT molecular complexity index is 2200. The van der Waals surface area contributed by atoms with E-state index < -0.39 is 132 Å². The number of carbonyl (C=O) groups is 12. The van der Waals surface area contributed by atoms with Crippen LogP contribution in [-0.2, 0) is 64.0 Å². The first-order valence-corrected chi connectivity index (χ1v) is 26.1. The van der Waals surface area contributed by atoms with Crippen LogP contribution in [0.5, 0.6) is 5.75 Å². The lowest BCUT2D eigenvalue weighted by atomic mass is 9.87. The highest BCUT2D eigenvalue weighted by atomic mass is 16.4. The number of aliphatic carboxylic acids is 2. The second-order valence-corrected chi connectivity index (χ2v) is 20.5. The number of carboxylic acid groups (broad SMARTS) is 2. The fraction of sp³-hybridized carbons (Fsp3) is 0.660. The summed E-state index contributed by atoms with van der Waals surface area (Å²) in [5.74, 6) is -12.8. The smallest absolute Gasteiger partial charge is 0.306 e. The van der Waals surface area contributed by atoms with Crippen molar-refractivity contribution in [2.45, 2.75) is 186 Å². The van der Waals surface area contributed by atoms with Gasteiger partial charge in [-0.05, 0) is 75.5 Å². The van der Waals surface area contributed by atoms with E-state index in [1.807, 2.05) is 6.92 Å². The number of nitrogens with zero attached hydrogens (tertiary/aromatic N) is 1. The maximum Gasteiger partial charge on any atom is 0.306 e. The van der Waals surface area contributed by atoms with Gasteiger partial charge < -0.3 is 52.3 Å². The van der Waals surface area contributed by atoms with Gasteiger partial charge in [0.25, 0.3) is 0 Å². The van der Waals surface area contributed by atoms with E-state index >= 15 is 0 Å². The molecule has 0 spiro atoms. The van der Waals surface area contributed by atoms with Gasteiger partial charge in [0.05, 0.1) is 54.6 Å². The minimum Gasteiger partial charge on any atom is -0.508 e. The number of nitrogens with one attached hydrogen (secondary N) is 4. The van der Waals surface area contributed by atoms with Crippen LogP contribution in [0, 0.1) is 23.7 Å². The van der Waals surface area contributed by atoms with Crippen molar-refractivity contribution in [3.63, 3.8) is 0 Å². The Labute approximate surface area is 437 Å². The monoisotopic (exact) mass is 1050 g/mol. The van der Waals surface area contributed by atoms with E-state index in [0.29, 0.717) is 31.2 Å². The third-order valence-electron chi connectivity index (χ3n) is 13.7. The number of likely N-dealkylation sites (tertiary alicyclic amines) is 1. The van der Waals surface area contributed by atoms with Gasteiger partial charge in [0.15, 0.2) is 23.1 Å². The first-order valence-electron chi connectivity index (χ1n) is 26.1. The Balaban J connectivity index is 1.74. The standard InChI is InChI=1S/C53H78N6O16/c1-5-6-7-9-33(53(74)75)24-46(66)41-10-8-21-59(41)49(69)20-17-42(62)31(4)56-51(72)34(22-30(2)3)25-45(65)40(23-32-11-13-36(60)14-12-32)58-52(73)35(27-50(70)71)26-44(64)38(15-18-47(54)67)57-48(68)19-16-43(63)39-28-37(61)29-55-39/h11-14,30-31,33-35,37-41,55,60-61H,5-10,15-29H2,1-4H3,(H2,54,67)(H,56,72)(H,57,68)(H,58,73)(H,70,71)(H,74,75)/t31-,33+,34+,35-,37+,38-,39-,40-,41-/m0/s1. The van der Waals surface area contributed by atoms with Gasteiger partial charge in [-0.3, -0.25) is 57.5 Å². The third-order valence-corrected chi connectivity index (χ3v) is 13.7. The molecule has 0 aromatic heterocycles. The molecule has 3 rings (SSSR count). The molecular formula is C53H78N6O16. The SMILES string of the molecule is CCCCC[C@H](CC(=O)[C@@H]1CCCN1C(=O)CCC(=O)[C@H](C)NC(=O)[C@@H](CC(=O)[C@H](Cc1ccc(O)cc1)NC(=O)[C@H](CC(=O)O)CC(=O)[C@H](CCC(N)=O)NC(=O)CCC(=O)[C@@H]1C[C@@H](O)CN1)CC(C)C)C(=O)O. The van der Waals surface area contributed by atoms with Crippen LogP contribution < -0.4 is 27.0 Å². The number of aliphatic hydroxyl groups excluding tert-OH is 1. The highest BCUT2D eigenvalue weighted by Gasteiger charge is 2.38. The molecule has 9 atom stereocenters. The zero-order valence-electron chi connectivity index (χ0n) is 43.6. The van der Waals surface area contributed by atoms with Crippen LogP contribution in [0.4, 0.5) is 0 Å². The van der Waals surface area contributed by atoms with Crippen LogP contribution in [0.25, 0.3) is 0 Å². The van der Waals surface area contributed by atoms with E-state index in [1.165, 1.54) is 36.1 Å². The molecule has 0 bridgehead atoms. The number of hydrogen-bond donors (Lipinski definition) is 9. The Morgan fingerprint density at radius 2 is 1.37 bits per heavy atom. The molecule has 10 N–H and O–H groups in total. The number of aliphatic hydroxyl groups is 1. The van der Waals surface area contributed by atoms with Crippen molar-refractivity contribution in [1.82, 2.24) is 26.2 Å². The number of aromatic hydroxyl groups is 1. The molecule has 75 heavy (non-hydrogen) atoms. The van der Waals surface area contributed by atoms with Crippen molar-refractivity contribution in [1.29, 1.82) is 0 Å². The fourth-order valence-electron chi connectivity index (χ4n) is 9.47. The molecule has 2 saturated heterocycles. The van der Waals surface area contributed by atoms with Crippen molar-refractivity contribution >= 4 is 70.4 Å².